The second-order valence-corrected chi connectivity index (χ2v) is 10.1. The third-order valence-corrected chi connectivity index (χ3v) is 7.25. The normalized spacial score (nSPS) is 22.1. The van der Waals surface area contributed by atoms with Gasteiger partial charge in [0.2, 0.25) is 5.91 Å². The quantitative estimate of drug-likeness (QED) is 0.426. The zero-order valence-electron chi connectivity index (χ0n) is 21.8. The average molecular weight is 472 g/mol. The second kappa shape index (κ2) is 13.8. The van der Waals surface area contributed by atoms with Crippen LogP contribution >= 0.6 is 0 Å². The maximum atomic E-state index is 12.7. The summed E-state index contributed by atoms with van der Waals surface area (Å²) in [6.07, 6.45) is 12.1. The molecular formula is C27H45N5O2. The molecule has 4 atom stereocenters. The van der Waals surface area contributed by atoms with E-state index in [1.807, 2.05) is 22.7 Å². The van der Waals surface area contributed by atoms with Gasteiger partial charge in [-0.15, -0.1) is 5.10 Å². The highest BCUT2D eigenvalue weighted by Crippen LogP contribution is 2.31. The number of nitrogens with zero attached hydrogens (tertiary/aromatic N) is 5. The predicted octanol–water partition coefficient (Wildman–Crippen LogP) is 4.29. The van der Waals surface area contributed by atoms with E-state index in [9.17, 15) is 4.79 Å². The van der Waals surface area contributed by atoms with E-state index in [0.717, 1.165) is 70.5 Å². The molecule has 0 saturated carbocycles. The summed E-state index contributed by atoms with van der Waals surface area (Å²) in [5.41, 5.74) is 0.729. The van der Waals surface area contributed by atoms with Crippen LogP contribution in [-0.2, 0) is 9.53 Å². The van der Waals surface area contributed by atoms with Gasteiger partial charge in [-0.05, 0) is 70.9 Å². The van der Waals surface area contributed by atoms with Gasteiger partial charge in [-0.3, -0.25) is 9.69 Å². The number of hydrogen-bond donors (Lipinski definition) is 0. The molecule has 3 rings (SSSR count). The summed E-state index contributed by atoms with van der Waals surface area (Å²) in [6, 6.07) is 0.182. The van der Waals surface area contributed by atoms with Crippen LogP contribution in [0.25, 0.3) is 0 Å². The molecule has 0 N–H and O–H groups in total. The number of carbonyl (C=O) groups is 1. The highest BCUT2D eigenvalue weighted by atomic mass is 16.5. The zero-order chi connectivity index (χ0) is 24.3. The van der Waals surface area contributed by atoms with Crippen molar-refractivity contribution in [3.63, 3.8) is 0 Å². The molecule has 2 aliphatic rings. The molecule has 0 aliphatic carbocycles. The second-order valence-electron chi connectivity index (χ2n) is 10.1. The van der Waals surface area contributed by atoms with E-state index in [-0.39, 0.29) is 30.1 Å². The highest BCUT2D eigenvalue weighted by molar-refractivity contribution is 5.79. The minimum atomic E-state index is -0.0547. The topological polar surface area (TPSA) is 63.5 Å². The Kier molecular flexibility index (Phi) is 10.9. The van der Waals surface area contributed by atoms with Crippen molar-refractivity contribution >= 4 is 5.91 Å². The molecule has 0 radical (unpaired) electrons. The van der Waals surface area contributed by atoms with Crippen molar-refractivity contribution in [2.45, 2.75) is 104 Å². The van der Waals surface area contributed by atoms with Crippen molar-refractivity contribution in [1.82, 2.24) is 24.8 Å². The molecule has 0 unspecified atom stereocenters. The summed E-state index contributed by atoms with van der Waals surface area (Å²) in [5.74, 6) is 6.70. The summed E-state index contributed by atoms with van der Waals surface area (Å²) in [5, 5.41) is 8.60. The Balaban J connectivity index is 1.45. The Bertz CT molecular complexity index is 799. The van der Waals surface area contributed by atoms with Crippen molar-refractivity contribution in [2.75, 3.05) is 32.7 Å². The first-order chi connectivity index (χ1) is 16.5. The molecule has 2 fully saturated rings. The van der Waals surface area contributed by atoms with Gasteiger partial charge in [-0.25, -0.2) is 4.68 Å². The van der Waals surface area contributed by atoms with Crippen molar-refractivity contribution in [1.29, 1.82) is 0 Å². The van der Waals surface area contributed by atoms with Gasteiger partial charge in [0.25, 0.3) is 0 Å². The van der Waals surface area contributed by atoms with Crippen LogP contribution in [0.2, 0.25) is 0 Å². The van der Waals surface area contributed by atoms with E-state index < -0.39 is 0 Å². The van der Waals surface area contributed by atoms with Crippen LogP contribution in [0.15, 0.2) is 6.20 Å². The lowest BCUT2D eigenvalue weighted by molar-refractivity contribution is -0.138. The zero-order valence-corrected chi connectivity index (χ0v) is 21.8. The molecule has 0 bridgehead atoms. The fourth-order valence-corrected chi connectivity index (χ4v) is 4.97. The van der Waals surface area contributed by atoms with E-state index in [1.165, 1.54) is 25.7 Å². The fourth-order valence-electron chi connectivity index (χ4n) is 4.97. The van der Waals surface area contributed by atoms with Crippen molar-refractivity contribution in [3.05, 3.63) is 11.9 Å². The standard InChI is InChI=1S/C27H45N5O2/c1-5-7-15-30(16-8-6-2)17-11-12-24-21-32(29-28-24)22(3)20-25-13-14-26(34-25)23(4)27(33)31-18-9-10-19-31/h21-23,25-26H,5-10,13-20H2,1-4H3/t22-,23-,25+,26-/m1/s1. The average Bonchev–Trinajstić information content (AvgIpc) is 3.61. The molecule has 190 valence electrons. The van der Waals surface area contributed by atoms with Crippen molar-refractivity contribution in [2.24, 2.45) is 5.92 Å². The molecule has 1 aromatic rings. The van der Waals surface area contributed by atoms with Gasteiger partial charge in [0.05, 0.1) is 36.9 Å². The maximum absolute atomic E-state index is 12.7. The highest BCUT2D eigenvalue weighted by Gasteiger charge is 2.36. The Morgan fingerprint density at radius 1 is 1.18 bits per heavy atom. The van der Waals surface area contributed by atoms with E-state index in [1.54, 1.807) is 0 Å². The molecule has 2 saturated heterocycles. The van der Waals surface area contributed by atoms with Crippen LogP contribution in [0.4, 0.5) is 0 Å². The van der Waals surface area contributed by atoms with Gasteiger partial charge in [0, 0.05) is 13.1 Å². The maximum Gasteiger partial charge on any atom is 0.228 e. The third kappa shape index (κ3) is 7.81. The molecule has 7 nitrogen and oxygen atoms in total. The van der Waals surface area contributed by atoms with E-state index in [4.69, 9.17) is 4.74 Å². The Morgan fingerprint density at radius 2 is 1.88 bits per heavy atom. The Hall–Kier alpha value is -1.91. The van der Waals surface area contributed by atoms with Gasteiger partial charge in [-0.2, -0.15) is 0 Å². The summed E-state index contributed by atoms with van der Waals surface area (Å²) >= 11 is 0. The minimum Gasteiger partial charge on any atom is -0.374 e. The molecule has 1 aromatic heterocycles. The number of hydrogen-bond acceptors (Lipinski definition) is 5. The van der Waals surface area contributed by atoms with Crippen LogP contribution < -0.4 is 0 Å². The first-order valence-corrected chi connectivity index (χ1v) is 13.6. The number of rotatable bonds is 12. The van der Waals surface area contributed by atoms with Crippen LogP contribution in [-0.4, -0.2) is 75.6 Å². The third-order valence-electron chi connectivity index (χ3n) is 7.25. The summed E-state index contributed by atoms with van der Waals surface area (Å²) in [4.78, 5) is 17.2. The number of ether oxygens (including phenoxy) is 1. The predicted molar refractivity (Wildman–Crippen MR) is 135 cm³/mol. The number of carbonyl (C=O) groups excluding carboxylic acids is 1. The lowest BCUT2D eigenvalue weighted by Crippen LogP contribution is -2.38. The van der Waals surface area contributed by atoms with Gasteiger partial charge in [0.15, 0.2) is 5.69 Å². The molecule has 1 amide bonds. The molecule has 0 spiro atoms. The van der Waals surface area contributed by atoms with Crippen LogP contribution in [0.5, 0.6) is 0 Å². The van der Waals surface area contributed by atoms with Crippen LogP contribution in [0, 0.1) is 17.8 Å². The molecule has 34 heavy (non-hydrogen) atoms. The fraction of sp³-hybridized carbons (Fsp3) is 0.815. The minimum absolute atomic E-state index is 0.0332. The van der Waals surface area contributed by atoms with Crippen LogP contribution in [0.1, 0.15) is 97.2 Å². The van der Waals surface area contributed by atoms with E-state index in [2.05, 4.69) is 47.8 Å². The molecule has 2 aliphatic heterocycles. The number of amides is 1. The summed E-state index contributed by atoms with van der Waals surface area (Å²) in [7, 11) is 0. The lowest BCUT2D eigenvalue weighted by Gasteiger charge is -2.25. The molecule has 0 aromatic carbocycles. The number of likely N-dealkylation sites (tertiary alicyclic amines) is 1. The summed E-state index contributed by atoms with van der Waals surface area (Å²) in [6.45, 7) is 13.5. The van der Waals surface area contributed by atoms with Crippen molar-refractivity contribution < 1.29 is 9.53 Å². The Morgan fingerprint density at radius 3 is 2.56 bits per heavy atom. The molecular weight excluding hydrogens is 426 g/mol. The summed E-state index contributed by atoms with van der Waals surface area (Å²) < 4.78 is 8.22. The SMILES string of the molecule is CCCCN(CC#Cc1cn([C@H](C)C[C@@H]2CC[C@H]([C@@H](C)C(=O)N3CCCC3)O2)nn1)CCCC. The first kappa shape index (κ1) is 26.7. The lowest BCUT2D eigenvalue weighted by atomic mass is 9.99. The number of aromatic nitrogens is 3. The van der Waals surface area contributed by atoms with Crippen LogP contribution in [0.3, 0.4) is 0 Å². The van der Waals surface area contributed by atoms with Gasteiger partial charge >= 0.3 is 0 Å². The van der Waals surface area contributed by atoms with Crippen molar-refractivity contribution in [3.8, 4) is 11.8 Å². The van der Waals surface area contributed by atoms with Gasteiger partial charge < -0.3 is 9.64 Å². The molecule has 3 heterocycles. The smallest absolute Gasteiger partial charge is 0.228 e. The number of unbranched alkanes of at least 4 members (excludes halogenated alkanes) is 2. The van der Waals surface area contributed by atoms with Gasteiger partial charge in [-0.1, -0.05) is 44.7 Å². The van der Waals surface area contributed by atoms with E-state index in [0.29, 0.717) is 0 Å². The monoisotopic (exact) mass is 471 g/mol. The Labute approximate surface area is 206 Å². The molecule has 7 heteroatoms. The van der Waals surface area contributed by atoms with E-state index >= 15 is 0 Å². The largest absolute Gasteiger partial charge is 0.374 e. The van der Waals surface area contributed by atoms with Gasteiger partial charge in [0.1, 0.15) is 0 Å². The first-order valence-electron chi connectivity index (χ1n) is 13.6.